The number of thioether (sulfide) groups is 3. The van der Waals surface area contributed by atoms with Gasteiger partial charge in [-0.05, 0) is 236 Å². The number of nitrogens with one attached hydrogen (secondary N) is 1. The fourth-order valence-corrected chi connectivity index (χ4v) is 33.1. The SMILES string of the molecule is CC(C)(C)C1(C(C)(C)C)CCCSC1.CC(C)(C)C1(C(C)(C)C)CCOC1.CC(C)(C)C1(C(C)(C)C)CCOCC1.CC(C)(C)C1(C(C)(C)C)CCS(=O)(=O)C1.CC(C)(C)C1(C(C)(C)C)CCSC1.CC(C)(C)C1(C(C)(C)C)CCSCC1.CC(C)(C)C1(C(C)(C)C)CNC(=O)C1.[CH2-]C#CC#CC#CC(=O)N1CCC(C(C)(C)C)(C(C)(C)C)CC1. The zero-order valence-electron chi connectivity index (χ0n) is 88.8. The summed E-state index contributed by atoms with van der Waals surface area (Å²) in [6.07, 6.45) is 14.1. The molecule has 2 amide bonds. The average molecular weight is 1750 g/mol. The molecule has 0 unspecified atom stereocenters. The van der Waals surface area contributed by atoms with Crippen LogP contribution in [0, 0.1) is 172 Å². The summed E-state index contributed by atoms with van der Waals surface area (Å²) < 4.78 is 34.6. The number of sulfone groups is 1. The van der Waals surface area contributed by atoms with Crippen LogP contribution in [0.2, 0.25) is 0 Å². The first-order chi connectivity index (χ1) is 53.1. The number of hydrogen-bond acceptors (Lipinski definition) is 9. The van der Waals surface area contributed by atoms with E-state index in [0.717, 1.165) is 65.3 Å². The first kappa shape index (κ1) is 116. The van der Waals surface area contributed by atoms with Crippen LogP contribution >= 0.6 is 35.3 Å². The molecule has 0 aromatic rings. The van der Waals surface area contributed by atoms with E-state index in [1.165, 1.54) is 85.9 Å². The number of nitrogens with zero attached hydrogens (tertiary/aromatic N) is 1. The quantitative estimate of drug-likeness (QED) is 0.188. The highest BCUT2D eigenvalue weighted by Gasteiger charge is 2.60. The molecule has 8 aliphatic heterocycles. The molecule has 0 radical (unpaired) electrons. The Morgan fingerprint density at radius 2 is 0.650 bits per heavy atom. The van der Waals surface area contributed by atoms with Crippen LogP contribution in [0.4, 0.5) is 0 Å². The van der Waals surface area contributed by atoms with E-state index in [1.807, 2.05) is 4.90 Å². The van der Waals surface area contributed by atoms with Gasteiger partial charge in [0.15, 0.2) is 9.84 Å². The van der Waals surface area contributed by atoms with E-state index in [4.69, 9.17) is 9.47 Å². The van der Waals surface area contributed by atoms with Crippen LogP contribution in [0.1, 0.15) is 409 Å². The van der Waals surface area contributed by atoms with Crippen LogP contribution < -0.4 is 5.32 Å². The topological polar surface area (TPSA) is 102 Å². The minimum absolute atomic E-state index is 0.0365. The van der Waals surface area contributed by atoms with Gasteiger partial charge < -0.3 is 19.7 Å². The minimum atomic E-state index is -2.82. The van der Waals surface area contributed by atoms with Crippen LogP contribution in [-0.2, 0) is 28.9 Å². The Hall–Kier alpha value is -1.59. The molecule has 1 N–H and O–H groups in total. The van der Waals surface area contributed by atoms with E-state index in [2.05, 4.69) is 415 Å². The Kier molecular flexibility index (Phi) is 40.0. The fourth-order valence-electron chi connectivity index (χ4n) is 25.5. The molecule has 0 atom stereocenters. The Bertz CT molecular complexity index is 3200. The second kappa shape index (κ2) is 41.2. The molecule has 0 spiro atoms. The minimum Gasteiger partial charge on any atom is -0.381 e. The summed E-state index contributed by atoms with van der Waals surface area (Å²) in [6, 6.07) is 0. The highest BCUT2D eigenvalue weighted by atomic mass is 32.2. The lowest BCUT2D eigenvalue weighted by atomic mass is 9.50. The molecule has 0 bridgehead atoms. The highest BCUT2D eigenvalue weighted by Crippen LogP contribution is 2.65. The first-order valence-electron chi connectivity index (χ1n) is 47.0. The third kappa shape index (κ3) is 27.5. The lowest BCUT2D eigenvalue weighted by Gasteiger charge is -2.57. The molecule has 0 aliphatic carbocycles. The maximum Gasteiger partial charge on any atom is 0.299 e. The van der Waals surface area contributed by atoms with Gasteiger partial charge in [0.1, 0.15) is 0 Å². The summed E-state index contributed by atoms with van der Waals surface area (Å²) in [5.41, 5.74) is 7.38. The molecule has 12 heteroatoms. The smallest absolute Gasteiger partial charge is 0.299 e. The van der Waals surface area contributed by atoms with E-state index in [-0.39, 0.29) is 60.5 Å². The van der Waals surface area contributed by atoms with Crippen LogP contribution in [0.25, 0.3) is 0 Å². The monoisotopic (exact) mass is 1750 g/mol. The highest BCUT2D eigenvalue weighted by molar-refractivity contribution is 7.99. The maximum absolute atomic E-state index is 12.2. The number of rotatable bonds is 0. The van der Waals surface area contributed by atoms with Crippen molar-refractivity contribution in [3.8, 4) is 35.5 Å². The van der Waals surface area contributed by atoms with Crippen molar-refractivity contribution in [2.75, 3.05) is 92.1 Å². The molecular formula is C108H201N2O6S4-. The summed E-state index contributed by atoms with van der Waals surface area (Å²) in [7, 11) is -2.82. The second-order valence-corrected chi connectivity index (χ2v) is 60.2. The maximum atomic E-state index is 12.2. The number of carbonyl (C=O) groups excluding carboxylic acids is 2. The first-order valence-corrected chi connectivity index (χ1v) is 52.3. The third-order valence-electron chi connectivity index (χ3n) is 33.7. The lowest BCUT2D eigenvalue weighted by Crippen LogP contribution is -2.54. The van der Waals surface area contributed by atoms with Crippen LogP contribution in [0.3, 0.4) is 0 Å². The van der Waals surface area contributed by atoms with Gasteiger partial charge in [-0.2, -0.15) is 42.2 Å². The van der Waals surface area contributed by atoms with Gasteiger partial charge in [-0.1, -0.05) is 332 Å². The molecule has 0 saturated carbocycles. The normalized spacial score (nSPS) is 22.4. The molecule has 0 aromatic carbocycles. The van der Waals surface area contributed by atoms with E-state index < -0.39 is 9.84 Å². The molecule has 704 valence electrons. The van der Waals surface area contributed by atoms with E-state index in [9.17, 15) is 18.0 Å². The molecule has 120 heavy (non-hydrogen) atoms. The molecule has 8 fully saturated rings. The summed E-state index contributed by atoms with van der Waals surface area (Å²) in [4.78, 5) is 25.5. The summed E-state index contributed by atoms with van der Waals surface area (Å²) >= 11 is 6.42. The summed E-state index contributed by atoms with van der Waals surface area (Å²) in [6.45, 7) is 122. The molecule has 8 aliphatic rings. The lowest BCUT2D eigenvalue weighted by molar-refractivity contribution is -0.134. The zero-order valence-corrected chi connectivity index (χ0v) is 92.1. The van der Waals surface area contributed by atoms with Crippen molar-refractivity contribution >= 4 is 56.9 Å². The predicted molar refractivity (Wildman–Crippen MR) is 537 cm³/mol. The molecule has 0 aromatic heterocycles. The standard InChI is InChI=1S/C21H28NO.C13H26O.2C13H26S.C12H23NO.C12H24O2S.C12H24O.C12H24S/c1-8-9-10-11-12-13-18(23)22-16-14-21(15-17-22,19(2,3)4)20(5,6)7;2*1-11(2,3)13(12(4,5)6)7-9-14-10-8-13;1-11(2,3)13(12(4,5)6)8-7-9-14-10-13;1-10(2,3)12(11(4,5)6)7-9(14)13-8-12;1-10(2,3)12(11(4,5)6)7-8-15(13,14)9-12;2*1-10(2,3)12(11(4,5)6)7-8-13-9-12/h1,14-17H2,2-7H3;3*7-10H2,1-6H3;7-8H2,1-6H3,(H,13,14);7-9H2,1-6H3;2*7-9H2,1-6H3/q-1;;;;;;;. The Morgan fingerprint density at radius 1 is 0.350 bits per heavy atom. The van der Waals surface area contributed by atoms with Gasteiger partial charge in [0.2, 0.25) is 5.91 Å². The van der Waals surface area contributed by atoms with Crippen molar-refractivity contribution in [3.05, 3.63) is 6.92 Å². The van der Waals surface area contributed by atoms with Crippen molar-refractivity contribution in [1.29, 1.82) is 0 Å². The number of piperidine rings is 1. The van der Waals surface area contributed by atoms with Crippen LogP contribution in [0.15, 0.2) is 0 Å². The molecule has 8 saturated heterocycles. The van der Waals surface area contributed by atoms with Crippen LogP contribution in [-0.4, -0.2) is 117 Å². The van der Waals surface area contributed by atoms with Gasteiger partial charge >= 0.3 is 0 Å². The Morgan fingerprint density at radius 3 is 0.875 bits per heavy atom. The van der Waals surface area contributed by atoms with Gasteiger partial charge in [-0.15, -0.1) is 5.92 Å². The Labute approximate surface area is 763 Å². The van der Waals surface area contributed by atoms with Crippen LogP contribution in [0.5, 0.6) is 0 Å². The van der Waals surface area contributed by atoms with Gasteiger partial charge in [0.05, 0.1) is 18.1 Å². The zero-order chi connectivity index (χ0) is 94.8. The van der Waals surface area contributed by atoms with Crippen molar-refractivity contribution in [2.24, 2.45) is 130 Å². The Balaban J connectivity index is 0.000000691. The van der Waals surface area contributed by atoms with Gasteiger partial charge in [0.25, 0.3) is 5.91 Å². The number of ether oxygens (including phenoxy) is 2. The average Bonchev–Trinajstić information content (AvgIpc) is 1.71. The second-order valence-electron chi connectivity index (χ2n) is 54.5. The third-order valence-corrected chi connectivity index (χ3v) is 38.9. The van der Waals surface area contributed by atoms with E-state index >= 15 is 0 Å². The van der Waals surface area contributed by atoms with E-state index in [0.29, 0.717) is 99.2 Å². The largest absolute Gasteiger partial charge is 0.381 e. The molecule has 8 nitrogen and oxygen atoms in total. The van der Waals surface area contributed by atoms with Crippen molar-refractivity contribution in [2.45, 2.75) is 409 Å². The summed E-state index contributed by atoms with van der Waals surface area (Å²) in [5.74, 6) is 24.1. The fraction of sp³-hybridized carbons (Fsp3) is 0.917. The van der Waals surface area contributed by atoms with Crippen molar-refractivity contribution < 1.29 is 27.5 Å². The number of amides is 2. The van der Waals surface area contributed by atoms with Crippen molar-refractivity contribution in [3.63, 3.8) is 0 Å². The molecular weight excluding hydrogens is 1550 g/mol. The number of likely N-dealkylation sites (tertiary alicyclic amines) is 1. The van der Waals surface area contributed by atoms with Gasteiger partial charge in [-0.25, -0.2) is 14.3 Å². The number of carbonyl (C=O) groups is 2. The molecule has 8 rings (SSSR count). The summed E-state index contributed by atoms with van der Waals surface area (Å²) in [5, 5.41) is 2.98. The predicted octanol–water partition coefficient (Wildman–Crippen LogP) is 29.7. The molecule has 8 heterocycles. The van der Waals surface area contributed by atoms with Gasteiger partial charge in [-0.3, -0.25) is 15.5 Å². The van der Waals surface area contributed by atoms with Crippen molar-refractivity contribution in [1.82, 2.24) is 10.2 Å². The number of hydrogen-bond donors (Lipinski definition) is 1. The van der Waals surface area contributed by atoms with E-state index in [1.54, 1.807) is 0 Å². The van der Waals surface area contributed by atoms with Gasteiger partial charge in [0, 0.05) is 62.6 Å².